The van der Waals surface area contributed by atoms with Gasteiger partial charge < -0.3 is 26.8 Å². The summed E-state index contributed by atoms with van der Waals surface area (Å²) in [5, 5.41) is 9.67. The highest BCUT2D eigenvalue weighted by atomic mass is 19.4. The summed E-state index contributed by atoms with van der Waals surface area (Å²) in [6.45, 7) is 0. The second-order valence-electron chi connectivity index (χ2n) is 12.4. The Bertz CT molecular complexity index is 2030. The molecule has 0 unspecified atom stereocenters. The Labute approximate surface area is 290 Å². The minimum atomic E-state index is -4.75. The highest BCUT2D eigenvalue weighted by Crippen LogP contribution is 2.27. The van der Waals surface area contributed by atoms with Gasteiger partial charge in [-0.1, -0.05) is 12.1 Å². The molecule has 2 aliphatic carbocycles. The number of rotatable bonds is 6. The summed E-state index contributed by atoms with van der Waals surface area (Å²) in [4.78, 5) is 28.1. The first-order valence-corrected chi connectivity index (χ1v) is 16.3. The van der Waals surface area contributed by atoms with E-state index in [-0.39, 0.29) is 29.3 Å². The van der Waals surface area contributed by atoms with Crippen molar-refractivity contribution in [1.29, 1.82) is 0 Å². The number of halogens is 4. The van der Waals surface area contributed by atoms with Crippen molar-refractivity contribution in [3.63, 3.8) is 0 Å². The maximum absolute atomic E-state index is 13.5. The van der Waals surface area contributed by atoms with E-state index < -0.39 is 18.2 Å². The number of carbonyl (C=O) groups is 2. The largest absolute Gasteiger partial charge is 0.573 e. The Morgan fingerprint density at radius 3 is 1.96 bits per heavy atom. The highest BCUT2D eigenvalue weighted by Gasteiger charge is 2.31. The van der Waals surface area contributed by atoms with E-state index in [1.54, 1.807) is 0 Å². The fourth-order valence-corrected chi connectivity index (χ4v) is 6.06. The van der Waals surface area contributed by atoms with Gasteiger partial charge in [-0.3, -0.25) is 9.59 Å². The van der Waals surface area contributed by atoms with Gasteiger partial charge >= 0.3 is 6.36 Å². The van der Waals surface area contributed by atoms with Gasteiger partial charge in [0.1, 0.15) is 5.75 Å². The van der Waals surface area contributed by atoms with E-state index in [1.807, 2.05) is 36.4 Å². The van der Waals surface area contributed by atoms with Gasteiger partial charge in [0.25, 0.3) is 11.8 Å². The summed E-state index contributed by atoms with van der Waals surface area (Å²) in [5.41, 5.74) is 18.9. The van der Waals surface area contributed by atoms with Gasteiger partial charge in [-0.05, 0) is 121 Å². The Morgan fingerprint density at radius 2 is 1.39 bits per heavy atom. The van der Waals surface area contributed by atoms with E-state index in [4.69, 9.17) is 11.5 Å². The van der Waals surface area contributed by atoms with Gasteiger partial charge in [-0.25, -0.2) is 9.67 Å². The predicted octanol–water partition coefficient (Wildman–Crippen LogP) is 6.13. The Kier molecular flexibility index (Phi) is 10.4. The van der Waals surface area contributed by atoms with E-state index in [1.165, 1.54) is 81.9 Å². The number of nitrogens with two attached hydrogens (primary N) is 2. The number of fused-ring (bicyclic) bond motifs is 2. The standard InChI is InChI=1S/C21H19F3N4O2.C16H16FN3O/c22-21(23,24)30-19-7-5-18(6-8-19)28-12-15(11-26-28)20(29)27-17-4-2-13-9-16(25)3-1-14(13)10-17;17-15-14(2-1-7-19-15)16(21)20-13-6-4-10-8-12(18)5-3-11(10)9-13/h2,4-8,10-12,16H,1,3,9,25H2,(H,27,29);1-2,4,6-7,9,12H,3,5,8,18H2,(H,20,21)/t16-;12-/m00/s1. The molecule has 0 radical (unpaired) electrons. The van der Waals surface area contributed by atoms with E-state index in [0.29, 0.717) is 22.6 Å². The predicted molar refractivity (Wildman–Crippen MR) is 183 cm³/mol. The smallest absolute Gasteiger partial charge is 0.406 e. The van der Waals surface area contributed by atoms with Crippen molar-refractivity contribution < 1.29 is 31.9 Å². The average Bonchev–Trinajstić information content (AvgIpc) is 3.59. The van der Waals surface area contributed by atoms with Gasteiger partial charge in [-0.2, -0.15) is 9.49 Å². The Balaban J connectivity index is 0.000000187. The van der Waals surface area contributed by atoms with Gasteiger partial charge in [-0.15, -0.1) is 13.2 Å². The minimum absolute atomic E-state index is 0.0581. The number of carbonyl (C=O) groups excluding carboxylic acids is 2. The summed E-state index contributed by atoms with van der Waals surface area (Å²) >= 11 is 0. The molecule has 0 bridgehead atoms. The number of hydrogen-bond acceptors (Lipinski definition) is 7. The Hall–Kier alpha value is -5.60. The van der Waals surface area contributed by atoms with Crippen molar-refractivity contribution in [2.45, 2.75) is 57.0 Å². The molecule has 2 amide bonds. The molecule has 264 valence electrons. The molecule has 7 rings (SSSR count). The van der Waals surface area contributed by atoms with Crippen LogP contribution in [-0.2, 0) is 25.7 Å². The third kappa shape index (κ3) is 9.15. The summed E-state index contributed by atoms with van der Waals surface area (Å²) in [6, 6.07) is 20.1. The SMILES string of the molecule is N[C@H]1CCc2cc(NC(=O)c3cccnc3F)ccc2C1.N[C@H]1CCc2cc(NC(=O)c3cnn(-c4ccc(OC(F)(F)F)cc4)c3)ccc2C1. The topological polar surface area (TPSA) is 150 Å². The first kappa shape index (κ1) is 35.2. The van der Waals surface area contributed by atoms with Crippen LogP contribution in [0.25, 0.3) is 5.69 Å². The highest BCUT2D eigenvalue weighted by molar-refractivity contribution is 6.04. The lowest BCUT2D eigenvalue weighted by Gasteiger charge is -2.22. The molecule has 0 saturated carbocycles. The zero-order valence-corrected chi connectivity index (χ0v) is 27.3. The van der Waals surface area contributed by atoms with Crippen LogP contribution >= 0.6 is 0 Å². The second-order valence-corrected chi connectivity index (χ2v) is 12.4. The molecule has 14 heteroatoms. The van der Waals surface area contributed by atoms with Crippen LogP contribution in [0.5, 0.6) is 5.75 Å². The maximum atomic E-state index is 13.5. The lowest BCUT2D eigenvalue weighted by Crippen LogP contribution is -2.27. The van der Waals surface area contributed by atoms with Crippen LogP contribution in [0.15, 0.2) is 91.4 Å². The van der Waals surface area contributed by atoms with Crippen LogP contribution in [0.1, 0.15) is 55.8 Å². The summed E-state index contributed by atoms with van der Waals surface area (Å²) in [5.74, 6) is -1.91. The summed E-state index contributed by atoms with van der Waals surface area (Å²) in [7, 11) is 0. The number of alkyl halides is 3. The molecule has 0 spiro atoms. The number of aryl methyl sites for hydroxylation is 2. The van der Waals surface area contributed by atoms with Gasteiger partial charge in [0, 0.05) is 35.9 Å². The number of hydrogen-bond donors (Lipinski definition) is 4. The van der Waals surface area contributed by atoms with Crippen molar-refractivity contribution >= 4 is 23.2 Å². The minimum Gasteiger partial charge on any atom is -0.406 e. The van der Waals surface area contributed by atoms with Crippen LogP contribution in [0.3, 0.4) is 0 Å². The molecule has 51 heavy (non-hydrogen) atoms. The lowest BCUT2D eigenvalue weighted by molar-refractivity contribution is -0.274. The molecule has 6 N–H and O–H groups in total. The molecular formula is C37H35F4N7O3. The molecule has 0 aliphatic heterocycles. The number of anilines is 2. The lowest BCUT2D eigenvalue weighted by atomic mass is 9.88. The van der Waals surface area contributed by atoms with Crippen LogP contribution in [0.4, 0.5) is 28.9 Å². The van der Waals surface area contributed by atoms with E-state index in [0.717, 1.165) is 38.5 Å². The zero-order chi connectivity index (χ0) is 36.1. The third-order valence-electron chi connectivity index (χ3n) is 8.64. The van der Waals surface area contributed by atoms with Crippen molar-refractivity contribution in [3.05, 3.63) is 131 Å². The monoisotopic (exact) mass is 701 g/mol. The molecule has 3 aromatic carbocycles. The van der Waals surface area contributed by atoms with Gasteiger partial charge in [0.05, 0.1) is 23.0 Å². The molecular weight excluding hydrogens is 666 g/mol. The Morgan fingerprint density at radius 1 is 0.804 bits per heavy atom. The quantitative estimate of drug-likeness (QED) is 0.123. The number of pyridine rings is 1. The van der Waals surface area contributed by atoms with Crippen LogP contribution in [-0.4, -0.2) is 45.0 Å². The van der Waals surface area contributed by atoms with Crippen LogP contribution in [0.2, 0.25) is 0 Å². The van der Waals surface area contributed by atoms with Crippen LogP contribution in [0, 0.1) is 5.95 Å². The van der Waals surface area contributed by atoms with Crippen molar-refractivity contribution in [2.75, 3.05) is 10.6 Å². The van der Waals surface area contributed by atoms with Gasteiger partial charge in [0.15, 0.2) is 0 Å². The number of nitrogens with zero attached hydrogens (tertiary/aromatic N) is 3. The first-order valence-electron chi connectivity index (χ1n) is 16.3. The number of aromatic nitrogens is 3. The van der Waals surface area contributed by atoms with E-state index >= 15 is 0 Å². The third-order valence-corrected chi connectivity index (χ3v) is 8.64. The molecule has 2 aliphatic rings. The second kappa shape index (κ2) is 15.1. The normalized spacial score (nSPS) is 16.5. The molecule has 2 heterocycles. The summed E-state index contributed by atoms with van der Waals surface area (Å²) in [6.07, 6.45) is 4.82. The van der Waals surface area contributed by atoms with Crippen molar-refractivity contribution in [1.82, 2.24) is 14.8 Å². The van der Waals surface area contributed by atoms with Crippen LogP contribution < -0.4 is 26.8 Å². The van der Waals surface area contributed by atoms with E-state index in [9.17, 15) is 27.2 Å². The molecule has 0 fully saturated rings. The van der Waals surface area contributed by atoms with Crippen molar-refractivity contribution in [2.24, 2.45) is 11.5 Å². The maximum Gasteiger partial charge on any atom is 0.573 e. The number of benzene rings is 3. The fourth-order valence-electron chi connectivity index (χ4n) is 6.06. The van der Waals surface area contributed by atoms with E-state index in [2.05, 4.69) is 25.5 Å². The molecule has 0 saturated heterocycles. The molecule has 5 aromatic rings. The molecule has 2 atom stereocenters. The fraction of sp³-hybridized carbons (Fsp3) is 0.243. The number of amides is 2. The van der Waals surface area contributed by atoms with Crippen molar-refractivity contribution in [3.8, 4) is 11.4 Å². The number of ether oxygens (including phenoxy) is 1. The first-order chi connectivity index (χ1) is 24.4. The molecule has 10 nitrogen and oxygen atoms in total. The van der Waals surface area contributed by atoms with Gasteiger partial charge in [0.2, 0.25) is 5.95 Å². The zero-order valence-electron chi connectivity index (χ0n) is 27.3. The average molecular weight is 702 g/mol. The number of nitrogens with one attached hydrogen (secondary N) is 2. The summed E-state index contributed by atoms with van der Waals surface area (Å²) < 4.78 is 55.5. The molecule has 2 aromatic heterocycles.